The molecular weight excluding hydrogens is 220 g/mol. The molecule has 1 N–H and O–H groups in total. The van der Waals surface area contributed by atoms with Crippen LogP contribution in [0.1, 0.15) is 24.6 Å². The van der Waals surface area contributed by atoms with Crippen molar-refractivity contribution in [2.24, 2.45) is 0 Å². The topological polar surface area (TPSA) is 24.9 Å². The summed E-state index contributed by atoms with van der Waals surface area (Å²) in [6, 6.07) is 10.6. The molecule has 0 saturated heterocycles. The summed E-state index contributed by atoms with van der Waals surface area (Å²) in [5.74, 6) is 2.74. The summed E-state index contributed by atoms with van der Waals surface area (Å²) < 4.78 is 0. The van der Waals surface area contributed by atoms with Crippen molar-refractivity contribution in [1.29, 1.82) is 0 Å². The average Bonchev–Trinajstić information content (AvgIpc) is 2.40. The van der Waals surface area contributed by atoms with Crippen LogP contribution in [0.15, 0.2) is 30.3 Å². The van der Waals surface area contributed by atoms with Crippen LogP contribution in [0.4, 0.5) is 0 Å². The first-order chi connectivity index (χ1) is 8.72. The summed E-state index contributed by atoms with van der Waals surface area (Å²) in [7, 11) is 0. The van der Waals surface area contributed by atoms with E-state index in [-0.39, 0.29) is 6.04 Å². The largest absolute Gasteiger partial charge is 0.300 e. The van der Waals surface area contributed by atoms with Crippen LogP contribution in [0.3, 0.4) is 0 Å². The minimum absolute atomic E-state index is 0.150. The second kappa shape index (κ2) is 5.66. The Kier molecular flexibility index (Phi) is 3.96. The van der Waals surface area contributed by atoms with Crippen LogP contribution in [-0.4, -0.2) is 11.0 Å². The van der Waals surface area contributed by atoms with E-state index in [2.05, 4.69) is 47.4 Å². The lowest BCUT2D eigenvalue weighted by Gasteiger charge is -2.11. The molecule has 1 atom stereocenters. The number of rotatable bonds is 4. The number of hydrogen-bond acceptors (Lipinski definition) is 2. The molecule has 1 heterocycles. The van der Waals surface area contributed by atoms with Crippen LogP contribution in [0, 0.1) is 19.3 Å². The van der Waals surface area contributed by atoms with Gasteiger partial charge in [0.05, 0.1) is 11.6 Å². The van der Waals surface area contributed by atoms with Crippen LogP contribution in [-0.2, 0) is 6.54 Å². The van der Waals surface area contributed by atoms with Gasteiger partial charge in [0.1, 0.15) is 0 Å². The van der Waals surface area contributed by atoms with Gasteiger partial charge in [0, 0.05) is 17.6 Å². The Balaban J connectivity index is 2.16. The van der Waals surface area contributed by atoms with Gasteiger partial charge < -0.3 is 0 Å². The lowest BCUT2D eigenvalue weighted by molar-refractivity contribution is 0.593. The maximum atomic E-state index is 5.43. The van der Waals surface area contributed by atoms with Gasteiger partial charge >= 0.3 is 0 Å². The SMILES string of the molecule is C#CC(CC)NCc1ccc2nc(C)ccc2c1. The third-order valence-corrected chi connectivity index (χ3v) is 3.05. The summed E-state index contributed by atoms with van der Waals surface area (Å²) in [5, 5.41) is 4.53. The molecule has 2 rings (SSSR count). The smallest absolute Gasteiger partial charge is 0.0705 e. The molecule has 2 nitrogen and oxygen atoms in total. The van der Waals surface area contributed by atoms with Gasteiger partial charge in [0.15, 0.2) is 0 Å². The van der Waals surface area contributed by atoms with E-state index in [0.29, 0.717) is 0 Å². The molecule has 18 heavy (non-hydrogen) atoms. The molecule has 0 aliphatic carbocycles. The number of aromatic nitrogens is 1. The highest BCUT2D eigenvalue weighted by molar-refractivity contribution is 5.79. The van der Waals surface area contributed by atoms with Crippen LogP contribution >= 0.6 is 0 Å². The molecule has 1 aromatic heterocycles. The van der Waals surface area contributed by atoms with Gasteiger partial charge in [-0.15, -0.1) is 6.42 Å². The third-order valence-electron chi connectivity index (χ3n) is 3.05. The number of hydrogen-bond donors (Lipinski definition) is 1. The Morgan fingerprint density at radius 1 is 1.33 bits per heavy atom. The summed E-state index contributed by atoms with van der Waals surface area (Å²) >= 11 is 0. The van der Waals surface area contributed by atoms with E-state index < -0.39 is 0 Å². The monoisotopic (exact) mass is 238 g/mol. The minimum Gasteiger partial charge on any atom is -0.300 e. The van der Waals surface area contributed by atoms with E-state index in [0.717, 1.165) is 24.2 Å². The Labute approximate surface area is 108 Å². The van der Waals surface area contributed by atoms with E-state index in [1.54, 1.807) is 0 Å². The highest BCUT2D eigenvalue weighted by Crippen LogP contribution is 2.14. The van der Waals surface area contributed by atoms with Crippen molar-refractivity contribution >= 4 is 10.9 Å². The standard InChI is InChI=1S/C16H18N2/c1-4-15(5-2)17-11-13-7-9-16-14(10-13)8-6-12(3)18-16/h1,6-10,15,17H,5,11H2,2-3H3. The summed E-state index contributed by atoms with van der Waals surface area (Å²) in [6.07, 6.45) is 6.38. The Morgan fingerprint density at radius 2 is 2.17 bits per heavy atom. The van der Waals surface area contributed by atoms with Crippen molar-refractivity contribution in [3.8, 4) is 12.3 Å². The highest BCUT2D eigenvalue weighted by Gasteiger charge is 2.02. The molecule has 1 unspecified atom stereocenters. The molecule has 0 fully saturated rings. The van der Waals surface area contributed by atoms with Gasteiger partial charge in [-0.1, -0.05) is 25.0 Å². The molecule has 0 spiro atoms. The lowest BCUT2D eigenvalue weighted by Crippen LogP contribution is -2.26. The van der Waals surface area contributed by atoms with Crippen molar-refractivity contribution in [2.75, 3.05) is 0 Å². The van der Waals surface area contributed by atoms with Crippen molar-refractivity contribution in [2.45, 2.75) is 32.9 Å². The predicted octanol–water partition coefficient (Wildman–Crippen LogP) is 3.04. The average molecular weight is 238 g/mol. The fraction of sp³-hybridized carbons (Fsp3) is 0.312. The number of nitrogens with one attached hydrogen (secondary N) is 1. The zero-order valence-corrected chi connectivity index (χ0v) is 10.9. The number of pyridine rings is 1. The molecule has 0 saturated carbocycles. The van der Waals surface area contributed by atoms with E-state index in [9.17, 15) is 0 Å². The number of benzene rings is 1. The first-order valence-corrected chi connectivity index (χ1v) is 6.28. The maximum Gasteiger partial charge on any atom is 0.0705 e. The molecule has 0 aliphatic rings. The second-order valence-electron chi connectivity index (χ2n) is 4.49. The molecule has 0 radical (unpaired) electrons. The molecule has 2 aromatic rings. The van der Waals surface area contributed by atoms with Crippen molar-refractivity contribution in [1.82, 2.24) is 10.3 Å². The van der Waals surface area contributed by atoms with E-state index in [1.165, 1.54) is 10.9 Å². The molecular formula is C16H18N2. The van der Waals surface area contributed by atoms with Gasteiger partial charge in [-0.05, 0) is 37.1 Å². The molecule has 1 aromatic carbocycles. The van der Waals surface area contributed by atoms with E-state index >= 15 is 0 Å². The van der Waals surface area contributed by atoms with Gasteiger partial charge in [0.2, 0.25) is 0 Å². The summed E-state index contributed by atoms with van der Waals surface area (Å²) in [6.45, 7) is 4.89. The van der Waals surface area contributed by atoms with Gasteiger partial charge in [0.25, 0.3) is 0 Å². The summed E-state index contributed by atoms with van der Waals surface area (Å²) in [5.41, 5.74) is 3.33. The van der Waals surface area contributed by atoms with Crippen LogP contribution in [0.25, 0.3) is 10.9 Å². The van der Waals surface area contributed by atoms with Crippen molar-refractivity contribution < 1.29 is 0 Å². The number of terminal acetylenes is 1. The van der Waals surface area contributed by atoms with E-state index in [4.69, 9.17) is 6.42 Å². The Hall–Kier alpha value is -1.85. The number of aryl methyl sites for hydroxylation is 1. The zero-order valence-electron chi connectivity index (χ0n) is 10.9. The molecule has 0 aliphatic heterocycles. The van der Waals surface area contributed by atoms with Gasteiger partial charge in [-0.2, -0.15) is 0 Å². The highest BCUT2D eigenvalue weighted by atomic mass is 14.9. The van der Waals surface area contributed by atoms with Crippen molar-refractivity contribution in [3.05, 3.63) is 41.6 Å². The molecule has 0 bridgehead atoms. The fourth-order valence-corrected chi connectivity index (χ4v) is 1.95. The first kappa shape index (κ1) is 12.6. The van der Waals surface area contributed by atoms with E-state index in [1.807, 2.05) is 13.0 Å². The van der Waals surface area contributed by atoms with Crippen LogP contribution < -0.4 is 5.32 Å². The van der Waals surface area contributed by atoms with Gasteiger partial charge in [-0.25, -0.2) is 0 Å². The predicted molar refractivity (Wildman–Crippen MR) is 76.2 cm³/mol. The maximum absolute atomic E-state index is 5.43. The quantitative estimate of drug-likeness (QED) is 0.828. The number of nitrogens with zero attached hydrogens (tertiary/aromatic N) is 1. The molecule has 0 amide bonds. The number of fused-ring (bicyclic) bond motifs is 1. The first-order valence-electron chi connectivity index (χ1n) is 6.28. The normalized spacial score (nSPS) is 12.3. The third kappa shape index (κ3) is 2.88. The Morgan fingerprint density at radius 3 is 2.89 bits per heavy atom. The zero-order chi connectivity index (χ0) is 13.0. The lowest BCUT2D eigenvalue weighted by atomic mass is 10.1. The summed E-state index contributed by atoms with van der Waals surface area (Å²) in [4.78, 5) is 4.49. The molecule has 2 heteroatoms. The van der Waals surface area contributed by atoms with Crippen LogP contribution in [0.5, 0.6) is 0 Å². The minimum atomic E-state index is 0.150. The van der Waals surface area contributed by atoms with Crippen LogP contribution in [0.2, 0.25) is 0 Å². The molecule has 92 valence electrons. The van der Waals surface area contributed by atoms with Crippen molar-refractivity contribution in [3.63, 3.8) is 0 Å². The Bertz CT molecular complexity index is 581. The van der Waals surface area contributed by atoms with Gasteiger partial charge in [-0.3, -0.25) is 10.3 Å². The second-order valence-corrected chi connectivity index (χ2v) is 4.49. The fourth-order valence-electron chi connectivity index (χ4n) is 1.95.